The minimum atomic E-state index is -3.93. The van der Waals surface area contributed by atoms with Crippen LogP contribution in [-0.2, 0) is 27.9 Å². The molecule has 3 rings (SSSR count). The van der Waals surface area contributed by atoms with Crippen molar-refractivity contribution in [3.8, 4) is 0 Å². The highest BCUT2D eigenvalue weighted by Gasteiger charge is 2.27. The van der Waals surface area contributed by atoms with Gasteiger partial charge in [-0.2, -0.15) is 4.31 Å². The molecule has 3 aromatic carbocycles. The number of aryl methyl sites for hydroxylation is 1. The maximum Gasteiger partial charge on any atom is 0.243 e. The number of hydrogen-bond donors (Lipinski definition) is 1. The highest BCUT2D eigenvalue weighted by molar-refractivity contribution is 7.89. The van der Waals surface area contributed by atoms with Gasteiger partial charge in [-0.15, -0.1) is 0 Å². The van der Waals surface area contributed by atoms with E-state index in [4.69, 9.17) is 0 Å². The molecule has 1 N–H and O–H groups in total. The number of carbonyl (C=O) groups excluding carboxylic acids is 1. The summed E-state index contributed by atoms with van der Waals surface area (Å²) in [5, 5.41) is 2.75. The van der Waals surface area contributed by atoms with Crippen LogP contribution in [0.2, 0.25) is 0 Å². The van der Waals surface area contributed by atoms with E-state index in [-0.39, 0.29) is 18.0 Å². The highest BCUT2D eigenvalue weighted by Crippen LogP contribution is 2.19. The van der Waals surface area contributed by atoms with Crippen LogP contribution < -0.4 is 5.32 Å². The summed E-state index contributed by atoms with van der Waals surface area (Å²) in [5.74, 6) is -0.830. The van der Waals surface area contributed by atoms with Gasteiger partial charge < -0.3 is 5.32 Å². The number of nitrogens with zero attached hydrogens (tertiary/aromatic N) is 1. The molecule has 156 valence electrons. The third kappa shape index (κ3) is 5.75. The number of nitrogens with one attached hydrogen (secondary N) is 1. The summed E-state index contributed by atoms with van der Waals surface area (Å²) < 4.78 is 40.7. The molecule has 7 heteroatoms. The van der Waals surface area contributed by atoms with Crippen molar-refractivity contribution in [2.45, 2.75) is 24.9 Å². The Kier molecular flexibility index (Phi) is 6.97. The summed E-state index contributed by atoms with van der Waals surface area (Å²) in [6.07, 6.45) is 0. The molecule has 0 radical (unpaired) electrons. The van der Waals surface area contributed by atoms with Crippen LogP contribution in [0.5, 0.6) is 0 Å². The van der Waals surface area contributed by atoms with E-state index in [1.165, 1.54) is 36.4 Å². The smallest absolute Gasteiger partial charge is 0.243 e. The second kappa shape index (κ2) is 9.65. The first kappa shape index (κ1) is 21.7. The van der Waals surface area contributed by atoms with Crippen LogP contribution in [0.3, 0.4) is 0 Å². The van der Waals surface area contributed by atoms with Gasteiger partial charge in [-0.1, -0.05) is 60.2 Å². The van der Waals surface area contributed by atoms with Gasteiger partial charge in [0.05, 0.1) is 11.4 Å². The summed E-state index contributed by atoms with van der Waals surface area (Å²) in [7, 11) is -3.93. The minimum Gasteiger partial charge on any atom is -0.351 e. The second-order valence-corrected chi connectivity index (χ2v) is 8.91. The molecule has 0 spiro atoms. The molecule has 0 atom stereocenters. The average Bonchev–Trinajstić information content (AvgIpc) is 2.74. The standard InChI is InChI=1S/C23H23FN2O3S/c1-18-7-13-22(14-8-18)30(28,29)26(16-20-9-11-21(24)12-10-20)17-23(27)25-15-19-5-3-2-4-6-19/h2-14H,15-17H2,1H3,(H,25,27). The van der Waals surface area contributed by atoms with Crippen molar-refractivity contribution in [3.05, 3.63) is 101 Å². The first-order valence-corrected chi connectivity index (χ1v) is 10.9. The van der Waals surface area contributed by atoms with Crippen molar-refractivity contribution in [3.63, 3.8) is 0 Å². The van der Waals surface area contributed by atoms with Gasteiger partial charge in [-0.3, -0.25) is 4.79 Å². The van der Waals surface area contributed by atoms with Gasteiger partial charge >= 0.3 is 0 Å². The Bertz CT molecular complexity index is 1080. The predicted octanol–water partition coefficient (Wildman–Crippen LogP) is 3.64. The lowest BCUT2D eigenvalue weighted by molar-refractivity contribution is -0.121. The van der Waals surface area contributed by atoms with Crippen molar-refractivity contribution in [1.82, 2.24) is 9.62 Å². The van der Waals surface area contributed by atoms with E-state index in [9.17, 15) is 17.6 Å². The zero-order valence-electron chi connectivity index (χ0n) is 16.6. The summed E-state index contributed by atoms with van der Waals surface area (Å²) in [5.41, 5.74) is 2.43. The normalized spacial score (nSPS) is 11.4. The Balaban J connectivity index is 1.80. The lowest BCUT2D eigenvalue weighted by Crippen LogP contribution is -2.40. The Hall–Kier alpha value is -3.03. The van der Waals surface area contributed by atoms with Crippen LogP contribution in [0.15, 0.2) is 83.8 Å². The molecular weight excluding hydrogens is 403 g/mol. The molecule has 0 fully saturated rings. The average molecular weight is 427 g/mol. The molecule has 5 nitrogen and oxygen atoms in total. The van der Waals surface area contributed by atoms with Gasteiger partial charge in [-0.25, -0.2) is 12.8 Å². The monoisotopic (exact) mass is 426 g/mol. The summed E-state index contributed by atoms with van der Waals surface area (Å²) in [4.78, 5) is 12.6. The van der Waals surface area contributed by atoms with Crippen molar-refractivity contribution in [2.24, 2.45) is 0 Å². The largest absolute Gasteiger partial charge is 0.351 e. The first-order valence-electron chi connectivity index (χ1n) is 9.46. The quantitative estimate of drug-likeness (QED) is 0.598. The summed E-state index contributed by atoms with van der Waals surface area (Å²) >= 11 is 0. The summed E-state index contributed by atoms with van der Waals surface area (Å²) in [6, 6.07) is 21.4. The number of amides is 1. The van der Waals surface area contributed by atoms with Gasteiger partial charge in [0.25, 0.3) is 0 Å². The van der Waals surface area contributed by atoms with Gasteiger partial charge in [0.2, 0.25) is 15.9 Å². The van der Waals surface area contributed by atoms with E-state index in [0.29, 0.717) is 12.1 Å². The van der Waals surface area contributed by atoms with Crippen LogP contribution >= 0.6 is 0 Å². The van der Waals surface area contributed by atoms with Gasteiger partial charge in [0.1, 0.15) is 5.82 Å². The molecule has 0 saturated carbocycles. The van der Waals surface area contributed by atoms with Crippen molar-refractivity contribution in [1.29, 1.82) is 0 Å². The van der Waals surface area contributed by atoms with E-state index in [1.807, 2.05) is 37.3 Å². The van der Waals surface area contributed by atoms with Gasteiger partial charge in [0.15, 0.2) is 0 Å². The van der Waals surface area contributed by atoms with Crippen molar-refractivity contribution < 1.29 is 17.6 Å². The fourth-order valence-electron chi connectivity index (χ4n) is 2.89. The zero-order chi connectivity index (χ0) is 21.6. The number of benzene rings is 3. The van der Waals surface area contributed by atoms with Gasteiger partial charge in [-0.05, 0) is 42.3 Å². The first-order chi connectivity index (χ1) is 14.3. The Labute approximate surface area is 176 Å². The predicted molar refractivity (Wildman–Crippen MR) is 113 cm³/mol. The van der Waals surface area contributed by atoms with Crippen LogP contribution in [0, 0.1) is 12.7 Å². The minimum absolute atomic E-state index is 0.0464. The Morgan fingerprint density at radius 1 is 0.900 bits per heavy atom. The fourth-order valence-corrected chi connectivity index (χ4v) is 4.28. The highest BCUT2D eigenvalue weighted by atomic mass is 32.2. The third-order valence-electron chi connectivity index (χ3n) is 4.58. The molecule has 3 aromatic rings. The van der Waals surface area contributed by atoms with Crippen LogP contribution in [0.1, 0.15) is 16.7 Å². The molecule has 0 saturated heterocycles. The molecule has 30 heavy (non-hydrogen) atoms. The van der Waals surface area contributed by atoms with Gasteiger partial charge in [0, 0.05) is 13.1 Å². The Morgan fingerprint density at radius 2 is 1.53 bits per heavy atom. The Morgan fingerprint density at radius 3 is 2.17 bits per heavy atom. The molecular formula is C23H23FN2O3S. The molecule has 1 amide bonds. The van der Waals surface area contributed by atoms with E-state index in [2.05, 4.69) is 5.32 Å². The molecule has 0 heterocycles. The maximum atomic E-state index is 13.2. The molecule has 0 bridgehead atoms. The topological polar surface area (TPSA) is 66.5 Å². The third-order valence-corrected chi connectivity index (χ3v) is 6.39. The van der Waals surface area contributed by atoms with E-state index < -0.39 is 21.7 Å². The summed E-state index contributed by atoms with van der Waals surface area (Å²) in [6.45, 7) is 1.77. The lowest BCUT2D eigenvalue weighted by atomic mass is 10.2. The fraction of sp³-hybridized carbons (Fsp3) is 0.174. The molecule has 0 unspecified atom stereocenters. The molecule has 0 aromatic heterocycles. The number of carbonyl (C=O) groups is 1. The number of hydrogen-bond acceptors (Lipinski definition) is 3. The maximum absolute atomic E-state index is 13.2. The van der Waals surface area contributed by atoms with E-state index in [0.717, 1.165) is 15.4 Å². The lowest BCUT2D eigenvalue weighted by Gasteiger charge is -2.22. The van der Waals surface area contributed by atoms with Crippen LogP contribution in [0.25, 0.3) is 0 Å². The van der Waals surface area contributed by atoms with E-state index >= 15 is 0 Å². The number of halogens is 1. The van der Waals surface area contributed by atoms with Crippen LogP contribution in [0.4, 0.5) is 4.39 Å². The van der Waals surface area contributed by atoms with Crippen molar-refractivity contribution >= 4 is 15.9 Å². The van der Waals surface area contributed by atoms with Crippen LogP contribution in [-0.4, -0.2) is 25.2 Å². The SMILES string of the molecule is Cc1ccc(S(=O)(=O)N(CC(=O)NCc2ccccc2)Cc2ccc(F)cc2)cc1. The molecule has 0 aliphatic carbocycles. The van der Waals surface area contributed by atoms with Crippen molar-refractivity contribution in [2.75, 3.05) is 6.54 Å². The molecule has 0 aliphatic heterocycles. The van der Waals surface area contributed by atoms with E-state index in [1.54, 1.807) is 12.1 Å². The number of sulfonamides is 1. The molecule has 0 aliphatic rings. The number of rotatable bonds is 8. The second-order valence-electron chi connectivity index (χ2n) is 6.97. The zero-order valence-corrected chi connectivity index (χ0v) is 17.4.